The fraction of sp³-hybridized carbons (Fsp3) is 0.500. The number of rotatable bonds is 6. The summed E-state index contributed by atoms with van der Waals surface area (Å²) < 4.78 is 24.0. The standard InChI is InChI=1S/C12H15NO5S3/c14-10(7-20-12-2-1-4-19-12)13(6-11(15)16)9-3-5-21(17,18)8-9/h1-2,4,9H,3,5-8H2,(H,15,16). The van der Waals surface area contributed by atoms with Crippen molar-refractivity contribution in [3.05, 3.63) is 17.5 Å². The van der Waals surface area contributed by atoms with Crippen LogP contribution in [0.4, 0.5) is 0 Å². The Labute approximate surface area is 131 Å². The predicted octanol–water partition coefficient (Wildman–Crippen LogP) is 0.941. The van der Waals surface area contributed by atoms with E-state index in [2.05, 4.69) is 0 Å². The third kappa shape index (κ3) is 4.72. The van der Waals surface area contributed by atoms with E-state index in [4.69, 9.17) is 5.11 Å². The smallest absolute Gasteiger partial charge is 0.323 e. The van der Waals surface area contributed by atoms with Gasteiger partial charge in [0.15, 0.2) is 9.84 Å². The second kappa shape index (κ2) is 6.80. The summed E-state index contributed by atoms with van der Waals surface area (Å²) in [6.45, 7) is -0.454. The maximum absolute atomic E-state index is 12.2. The predicted molar refractivity (Wildman–Crippen MR) is 81.5 cm³/mol. The van der Waals surface area contributed by atoms with Gasteiger partial charge in [-0.3, -0.25) is 9.59 Å². The van der Waals surface area contributed by atoms with Crippen LogP contribution in [0.15, 0.2) is 21.7 Å². The van der Waals surface area contributed by atoms with Crippen molar-refractivity contribution in [3.63, 3.8) is 0 Å². The second-order valence-electron chi connectivity index (χ2n) is 4.69. The maximum atomic E-state index is 12.2. The first-order valence-electron chi connectivity index (χ1n) is 6.25. The summed E-state index contributed by atoms with van der Waals surface area (Å²) in [5.74, 6) is -1.48. The van der Waals surface area contributed by atoms with E-state index in [0.717, 1.165) is 4.21 Å². The first-order valence-corrected chi connectivity index (χ1v) is 9.94. The molecule has 1 unspecified atom stereocenters. The number of hydrogen-bond acceptors (Lipinski definition) is 6. The van der Waals surface area contributed by atoms with Crippen LogP contribution in [0.1, 0.15) is 6.42 Å². The average molecular weight is 349 g/mol. The van der Waals surface area contributed by atoms with Crippen molar-refractivity contribution < 1.29 is 23.1 Å². The van der Waals surface area contributed by atoms with E-state index in [0.29, 0.717) is 6.42 Å². The number of amides is 1. The molecule has 1 fully saturated rings. The van der Waals surface area contributed by atoms with Gasteiger partial charge < -0.3 is 10.0 Å². The molecule has 1 saturated heterocycles. The Hall–Kier alpha value is -1.06. The van der Waals surface area contributed by atoms with Gasteiger partial charge in [-0.05, 0) is 17.9 Å². The molecule has 6 nitrogen and oxygen atoms in total. The van der Waals surface area contributed by atoms with Crippen LogP contribution in [0.2, 0.25) is 0 Å². The highest BCUT2D eigenvalue weighted by Crippen LogP contribution is 2.25. The van der Waals surface area contributed by atoms with Gasteiger partial charge in [0.05, 0.1) is 21.5 Å². The van der Waals surface area contributed by atoms with Crippen LogP contribution in [0.5, 0.6) is 0 Å². The number of carboxylic acids is 1. The molecule has 2 rings (SSSR count). The van der Waals surface area contributed by atoms with Crippen molar-refractivity contribution in [2.75, 3.05) is 23.8 Å². The monoisotopic (exact) mass is 349 g/mol. The molecule has 1 amide bonds. The second-order valence-corrected chi connectivity index (χ2v) is 9.15. The zero-order valence-corrected chi connectivity index (χ0v) is 13.5. The molecule has 9 heteroatoms. The summed E-state index contributed by atoms with van der Waals surface area (Å²) in [7, 11) is -3.16. The van der Waals surface area contributed by atoms with Crippen LogP contribution in [0, 0.1) is 0 Å². The molecular formula is C12H15NO5S3. The first kappa shape index (κ1) is 16.3. The van der Waals surface area contributed by atoms with Crippen molar-refractivity contribution in [3.8, 4) is 0 Å². The highest BCUT2D eigenvalue weighted by molar-refractivity contribution is 8.01. The van der Waals surface area contributed by atoms with Gasteiger partial charge >= 0.3 is 5.97 Å². The molecule has 1 atom stereocenters. The van der Waals surface area contributed by atoms with E-state index in [1.807, 2.05) is 17.5 Å². The van der Waals surface area contributed by atoms with Gasteiger partial charge in [0.2, 0.25) is 5.91 Å². The molecule has 2 heterocycles. The molecule has 0 saturated carbocycles. The lowest BCUT2D eigenvalue weighted by atomic mass is 10.2. The van der Waals surface area contributed by atoms with Crippen LogP contribution in [-0.4, -0.2) is 60.1 Å². The molecule has 21 heavy (non-hydrogen) atoms. The lowest BCUT2D eigenvalue weighted by Crippen LogP contribution is -2.45. The molecule has 0 radical (unpaired) electrons. The van der Waals surface area contributed by atoms with E-state index < -0.39 is 28.4 Å². The zero-order valence-electron chi connectivity index (χ0n) is 11.1. The average Bonchev–Trinajstić information content (AvgIpc) is 3.02. The Morgan fingerprint density at radius 1 is 1.48 bits per heavy atom. The third-order valence-electron chi connectivity index (χ3n) is 3.11. The Kier molecular flexibility index (Phi) is 5.28. The number of nitrogens with zero attached hydrogens (tertiary/aromatic N) is 1. The minimum Gasteiger partial charge on any atom is -0.480 e. The molecule has 1 aromatic heterocycles. The van der Waals surface area contributed by atoms with Crippen LogP contribution < -0.4 is 0 Å². The lowest BCUT2D eigenvalue weighted by molar-refractivity contribution is -0.144. The molecule has 0 aromatic carbocycles. The summed E-state index contributed by atoms with van der Waals surface area (Å²) in [5, 5.41) is 10.8. The van der Waals surface area contributed by atoms with Crippen molar-refractivity contribution in [2.24, 2.45) is 0 Å². The summed E-state index contributed by atoms with van der Waals surface area (Å²) >= 11 is 2.84. The van der Waals surface area contributed by atoms with Gasteiger partial charge in [0.1, 0.15) is 6.54 Å². The van der Waals surface area contributed by atoms with E-state index in [1.54, 1.807) is 0 Å². The molecule has 1 N–H and O–H groups in total. The lowest BCUT2D eigenvalue weighted by Gasteiger charge is -2.26. The van der Waals surface area contributed by atoms with Crippen LogP contribution in [0.25, 0.3) is 0 Å². The summed E-state index contributed by atoms with van der Waals surface area (Å²) in [6, 6.07) is 3.22. The SMILES string of the molecule is O=C(O)CN(C(=O)CSc1cccs1)C1CCS(=O)(=O)C1. The van der Waals surface area contributed by atoms with Gasteiger partial charge in [0.25, 0.3) is 0 Å². The number of thiophene rings is 1. The quantitative estimate of drug-likeness (QED) is 0.769. The third-order valence-corrected chi connectivity index (χ3v) is 6.97. The van der Waals surface area contributed by atoms with Crippen LogP contribution in [-0.2, 0) is 19.4 Å². The van der Waals surface area contributed by atoms with Crippen molar-refractivity contribution in [1.82, 2.24) is 4.90 Å². The van der Waals surface area contributed by atoms with E-state index in [9.17, 15) is 18.0 Å². The first-order chi connectivity index (χ1) is 9.87. The largest absolute Gasteiger partial charge is 0.480 e. The fourth-order valence-electron chi connectivity index (χ4n) is 2.15. The highest BCUT2D eigenvalue weighted by atomic mass is 32.2. The molecule has 0 spiro atoms. The van der Waals surface area contributed by atoms with Crippen molar-refractivity contribution in [1.29, 1.82) is 0 Å². The highest BCUT2D eigenvalue weighted by Gasteiger charge is 2.35. The molecule has 1 aromatic rings. The number of carbonyl (C=O) groups excluding carboxylic acids is 1. The van der Waals surface area contributed by atoms with Gasteiger partial charge in [0, 0.05) is 6.04 Å². The Bertz CT molecular complexity index is 611. The summed E-state index contributed by atoms with van der Waals surface area (Å²) in [4.78, 5) is 24.3. The molecule has 1 aliphatic heterocycles. The fourth-order valence-corrected chi connectivity index (χ4v) is 5.55. The Morgan fingerprint density at radius 3 is 2.76 bits per heavy atom. The number of thioether (sulfide) groups is 1. The Morgan fingerprint density at radius 2 is 2.24 bits per heavy atom. The maximum Gasteiger partial charge on any atom is 0.323 e. The summed E-state index contributed by atoms with van der Waals surface area (Å²) in [6.07, 6.45) is 0.311. The minimum absolute atomic E-state index is 0.0130. The molecule has 0 aliphatic carbocycles. The number of carbonyl (C=O) groups is 2. The number of sulfone groups is 1. The Balaban J connectivity index is 2.01. The van der Waals surface area contributed by atoms with Gasteiger partial charge in [-0.25, -0.2) is 8.42 Å². The molecule has 1 aliphatic rings. The van der Waals surface area contributed by atoms with E-state index in [-0.39, 0.29) is 23.2 Å². The van der Waals surface area contributed by atoms with Gasteiger partial charge in [-0.1, -0.05) is 6.07 Å². The van der Waals surface area contributed by atoms with Crippen molar-refractivity contribution >= 4 is 44.8 Å². The topological polar surface area (TPSA) is 91.8 Å². The van der Waals surface area contributed by atoms with E-state index >= 15 is 0 Å². The molecular weight excluding hydrogens is 334 g/mol. The van der Waals surface area contributed by atoms with Crippen LogP contribution in [0.3, 0.4) is 0 Å². The molecule has 116 valence electrons. The number of aliphatic carboxylic acids is 1. The van der Waals surface area contributed by atoms with Gasteiger partial charge in [-0.2, -0.15) is 0 Å². The molecule has 0 bridgehead atoms. The number of carboxylic acid groups (broad SMARTS) is 1. The normalized spacial score (nSPS) is 20.3. The van der Waals surface area contributed by atoms with Crippen molar-refractivity contribution in [2.45, 2.75) is 16.7 Å². The summed E-state index contributed by atoms with van der Waals surface area (Å²) in [5.41, 5.74) is 0. The van der Waals surface area contributed by atoms with Crippen LogP contribution >= 0.6 is 23.1 Å². The van der Waals surface area contributed by atoms with E-state index in [1.165, 1.54) is 28.0 Å². The van der Waals surface area contributed by atoms with Gasteiger partial charge in [-0.15, -0.1) is 23.1 Å². The number of hydrogen-bond donors (Lipinski definition) is 1. The zero-order chi connectivity index (χ0) is 15.5. The minimum atomic E-state index is -3.16.